The van der Waals surface area contributed by atoms with Gasteiger partial charge in [-0.3, -0.25) is 9.78 Å². The molecule has 7 nitrogen and oxygen atoms in total. The SMILES string of the molecule is CCC(O)C1CC=C(c2ccc(NC(=O)c3cnn(-c4ccc(C(F)(F)F)cn4)c3C)cn2)CC1. The number of nitrogens with one attached hydrogen (secondary N) is 1. The largest absolute Gasteiger partial charge is 0.417 e. The fraction of sp³-hybridized carbons (Fsp3) is 0.360. The zero-order valence-electron chi connectivity index (χ0n) is 19.4. The highest BCUT2D eigenvalue weighted by Gasteiger charge is 2.31. The summed E-state index contributed by atoms with van der Waals surface area (Å²) in [6.45, 7) is 3.62. The van der Waals surface area contributed by atoms with E-state index >= 15 is 0 Å². The van der Waals surface area contributed by atoms with E-state index in [1.54, 1.807) is 19.2 Å². The number of pyridine rings is 2. The number of anilines is 1. The third-order valence-electron chi connectivity index (χ3n) is 6.31. The van der Waals surface area contributed by atoms with E-state index in [2.05, 4.69) is 26.5 Å². The van der Waals surface area contributed by atoms with E-state index in [9.17, 15) is 23.1 Å². The van der Waals surface area contributed by atoms with Crippen LogP contribution in [0.15, 0.2) is 48.9 Å². The summed E-state index contributed by atoms with van der Waals surface area (Å²) >= 11 is 0. The van der Waals surface area contributed by atoms with E-state index in [0.717, 1.165) is 49.2 Å². The Labute approximate surface area is 200 Å². The van der Waals surface area contributed by atoms with Gasteiger partial charge in [0, 0.05) is 6.20 Å². The van der Waals surface area contributed by atoms with Crippen molar-refractivity contribution in [2.45, 2.75) is 51.8 Å². The topological polar surface area (TPSA) is 92.9 Å². The van der Waals surface area contributed by atoms with Gasteiger partial charge in [0.2, 0.25) is 0 Å². The normalized spacial score (nSPS) is 17.1. The number of rotatable bonds is 6. The summed E-state index contributed by atoms with van der Waals surface area (Å²) in [4.78, 5) is 21.1. The van der Waals surface area contributed by atoms with Crippen LogP contribution in [-0.4, -0.2) is 36.9 Å². The van der Waals surface area contributed by atoms with Gasteiger partial charge in [0.15, 0.2) is 5.82 Å². The lowest BCUT2D eigenvalue weighted by molar-refractivity contribution is -0.137. The number of nitrogens with zero attached hydrogens (tertiary/aromatic N) is 4. The highest BCUT2D eigenvalue weighted by Crippen LogP contribution is 2.32. The average Bonchev–Trinajstić information content (AvgIpc) is 3.25. The molecule has 1 amide bonds. The number of amides is 1. The summed E-state index contributed by atoms with van der Waals surface area (Å²) in [5.41, 5.74) is 2.33. The van der Waals surface area contributed by atoms with Gasteiger partial charge in [-0.1, -0.05) is 13.0 Å². The molecule has 2 unspecified atom stereocenters. The molecular weight excluding hydrogens is 459 g/mol. The molecule has 0 bridgehead atoms. The molecule has 1 aliphatic carbocycles. The van der Waals surface area contributed by atoms with Gasteiger partial charge in [-0.25, -0.2) is 9.67 Å². The summed E-state index contributed by atoms with van der Waals surface area (Å²) in [6.07, 6.45) is 4.36. The Balaban J connectivity index is 1.43. The molecule has 3 heterocycles. The van der Waals surface area contributed by atoms with Gasteiger partial charge in [0.05, 0.1) is 46.7 Å². The molecular formula is C25H26F3N5O2. The zero-order chi connectivity index (χ0) is 25.2. The van der Waals surface area contributed by atoms with Crippen molar-refractivity contribution in [2.75, 3.05) is 5.32 Å². The minimum atomic E-state index is -4.48. The van der Waals surface area contributed by atoms with Crippen molar-refractivity contribution in [2.24, 2.45) is 5.92 Å². The molecule has 35 heavy (non-hydrogen) atoms. The standard InChI is InChI=1S/C25H26F3N5O2/c1-3-22(34)17-6-4-16(5-7-17)21-10-9-19(13-29-21)32-24(35)20-14-31-33(15(20)2)23-11-8-18(12-30-23)25(26,27)28/h4,8-14,17,22,34H,3,5-7H2,1-2H3,(H,32,35). The minimum Gasteiger partial charge on any atom is -0.393 e. The summed E-state index contributed by atoms with van der Waals surface area (Å²) in [6, 6.07) is 5.74. The van der Waals surface area contributed by atoms with Crippen LogP contribution in [0.4, 0.5) is 18.9 Å². The van der Waals surface area contributed by atoms with Gasteiger partial charge in [-0.05, 0) is 68.4 Å². The number of alkyl halides is 3. The summed E-state index contributed by atoms with van der Waals surface area (Å²) in [5, 5.41) is 16.9. The van der Waals surface area contributed by atoms with Crippen molar-refractivity contribution in [3.63, 3.8) is 0 Å². The zero-order valence-corrected chi connectivity index (χ0v) is 19.4. The predicted octanol–water partition coefficient (Wildman–Crippen LogP) is 5.20. The molecule has 1 aliphatic rings. The Bertz CT molecular complexity index is 1220. The summed E-state index contributed by atoms with van der Waals surface area (Å²) in [5.74, 6) is 0.0442. The van der Waals surface area contributed by atoms with Crippen LogP contribution >= 0.6 is 0 Å². The number of aliphatic hydroxyl groups excluding tert-OH is 1. The van der Waals surface area contributed by atoms with Crippen LogP contribution < -0.4 is 5.32 Å². The Morgan fingerprint density at radius 3 is 2.57 bits per heavy atom. The maximum atomic E-state index is 12.8. The smallest absolute Gasteiger partial charge is 0.393 e. The van der Waals surface area contributed by atoms with Gasteiger partial charge in [0.1, 0.15) is 0 Å². The number of aliphatic hydroxyl groups is 1. The predicted molar refractivity (Wildman–Crippen MR) is 125 cm³/mol. The Hall–Kier alpha value is -3.53. The second-order valence-electron chi connectivity index (χ2n) is 8.58. The van der Waals surface area contributed by atoms with Crippen molar-refractivity contribution < 1.29 is 23.1 Å². The number of halogens is 3. The third kappa shape index (κ3) is 5.43. The van der Waals surface area contributed by atoms with Crippen LogP contribution in [-0.2, 0) is 6.18 Å². The summed E-state index contributed by atoms with van der Waals surface area (Å²) < 4.78 is 39.6. The van der Waals surface area contributed by atoms with Crippen LogP contribution in [0.1, 0.15) is 59.9 Å². The molecule has 0 radical (unpaired) electrons. The number of hydrogen-bond donors (Lipinski definition) is 2. The van der Waals surface area contributed by atoms with Crippen molar-refractivity contribution in [3.8, 4) is 5.82 Å². The molecule has 4 rings (SSSR count). The second-order valence-corrected chi connectivity index (χ2v) is 8.58. The number of carbonyl (C=O) groups excluding carboxylic acids is 1. The molecule has 2 atom stereocenters. The highest BCUT2D eigenvalue weighted by atomic mass is 19.4. The van der Waals surface area contributed by atoms with Gasteiger partial charge < -0.3 is 10.4 Å². The van der Waals surface area contributed by atoms with E-state index in [4.69, 9.17) is 0 Å². The molecule has 0 fully saturated rings. The lowest BCUT2D eigenvalue weighted by Gasteiger charge is -2.25. The van der Waals surface area contributed by atoms with E-state index < -0.39 is 17.6 Å². The maximum Gasteiger partial charge on any atom is 0.417 e. The second kappa shape index (κ2) is 9.99. The molecule has 0 aromatic carbocycles. The van der Waals surface area contributed by atoms with Crippen LogP contribution in [0, 0.1) is 12.8 Å². The molecule has 0 saturated carbocycles. The quantitative estimate of drug-likeness (QED) is 0.501. The first-order chi connectivity index (χ1) is 16.7. The highest BCUT2D eigenvalue weighted by molar-refractivity contribution is 6.04. The van der Waals surface area contributed by atoms with Crippen molar-refractivity contribution >= 4 is 17.2 Å². The average molecular weight is 486 g/mol. The number of allylic oxidation sites excluding steroid dienone is 2. The maximum absolute atomic E-state index is 12.8. The first-order valence-corrected chi connectivity index (χ1v) is 11.4. The molecule has 0 spiro atoms. The lowest BCUT2D eigenvalue weighted by atomic mass is 9.84. The number of hydrogen-bond acceptors (Lipinski definition) is 5. The number of aromatic nitrogens is 4. The lowest BCUT2D eigenvalue weighted by Crippen LogP contribution is -2.21. The van der Waals surface area contributed by atoms with E-state index in [-0.39, 0.29) is 23.4 Å². The van der Waals surface area contributed by atoms with Crippen LogP contribution in [0.25, 0.3) is 11.4 Å². The first kappa shape index (κ1) is 24.6. The first-order valence-electron chi connectivity index (χ1n) is 11.4. The van der Waals surface area contributed by atoms with Gasteiger partial charge in [-0.2, -0.15) is 18.3 Å². The van der Waals surface area contributed by atoms with Crippen molar-refractivity contribution in [3.05, 3.63) is 71.4 Å². The molecule has 2 N–H and O–H groups in total. The van der Waals surface area contributed by atoms with Crippen LogP contribution in [0.5, 0.6) is 0 Å². The fourth-order valence-electron chi connectivity index (χ4n) is 4.17. The Morgan fingerprint density at radius 1 is 1.20 bits per heavy atom. The third-order valence-corrected chi connectivity index (χ3v) is 6.31. The molecule has 0 aliphatic heterocycles. The number of carbonyl (C=O) groups is 1. The van der Waals surface area contributed by atoms with Crippen molar-refractivity contribution in [1.82, 2.24) is 19.7 Å². The Morgan fingerprint density at radius 2 is 2.00 bits per heavy atom. The van der Waals surface area contributed by atoms with Crippen LogP contribution in [0.3, 0.4) is 0 Å². The van der Waals surface area contributed by atoms with E-state index in [0.29, 0.717) is 11.4 Å². The minimum absolute atomic E-state index is 0.176. The Kier molecular flexibility index (Phi) is 7.02. The fourth-order valence-corrected chi connectivity index (χ4v) is 4.17. The monoisotopic (exact) mass is 485 g/mol. The molecule has 0 saturated heterocycles. The summed E-state index contributed by atoms with van der Waals surface area (Å²) in [7, 11) is 0. The molecule has 184 valence electrons. The van der Waals surface area contributed by atoms with E-state index in [1.807, 2.05) is 13.0 Å². The van der Waals surface area contributed by atoms with Crippen LogP contribution in [0.2, 0.25) is 0 Å². The molecule has 3 aromatic rings. The van der Waals surface area contributed by atoms with Gasteiger partial charge in [-0.15, -0.1) is 0 Å². The van der Waals surface area contributed by atoms with Gasteiger partial charge in [0.25, 0.3) is 5.91 Å². The molecule has 10 heteroatoms. The van der Waals surface area contributed by atoms with Crippen molar-refractivity contribution in [1.29, 1.82) is 0 Å². The van der Waals surface area contributed by atoms with E-state index in [1.165, 1.54) is 16.9 Å². The van der Waals surface area contributed by atoms with Gasteiger partial charge >= 0.3 is 6.18 Å². The molecule has 3 aromatic heterocycles.